The molecule has 0 aliphatic rings. The lowest BCUT2D eigenvalue weighted by Gasteiger charge is -2.12. The average Bonchev–Trinajstić information content (AvgIpc) is 2.28. The van der Waals surface area contributed by atoms with Crippen molar-refractivity contribution in [3.63, 3.8) is 0 Å². The third-order valence-corrected chi connectivity index (χ3v) is 2.64. The van der Waals surface area contributed by atoms with Crippen LogP contribution in [-0.4, -0.2) is 24.9 Å². The van der Waals surface area contributed by atoms with E-state index in [0.717, 1.165) is 11.3 Å². The van der Waals surface area contributed by atoms with Gasteiger partial charge in [0.2, 0.25) is 0 Å². The van der Waals surface area contributed by atoms with Crippen LogP contribution in [0.4, 0.5) is 4.79 Å². The second kappa shape index (κ2) is 6.13. The molecule has 1 aromatic rings. The van der Waals surface area contributed by atoms with Crippen molar-refractivity contribution in [2.45, 2.75) is 26.2 Å². The molecule has 1 aromatic carbocycles. The Morgan fingerprint density at radius 2 is 2.18 bits per heavy atom. The predicted octanol–water partition coefficient (Wildman–Crippen LogP) is 2.63. The highest BCUT2D eigenvalue weighted by molar-refractivity contribution is 5.64. The van der Waals surface area contributed by atoms with Crippen molar-refractivity contribution in [2.75, 3.05) is 13.7 Å². The molecule has 0 saturated heterocycles. The molecule has 0 saturated carbocycles. The minimum Gasteiger partial charge on any atom is -0.496 e. The van der Waals surface area contributed by atoms with E-state index in [1.54, 1.807) is 7.11 Å². The summed E-state index contributed by atoms with van der Waals surface area (Å²) in [5, 5.41) is 10.9. The lowest BCUT2D eigenvalue weighted by molar-refractivity contribution is 0.194. The van der Waals surface area contributed by atoms with Crippen LogP contribution >= 0.6 is 0 Å². The monoisotopic (exact) mass is 237 g/mol. The second-order valence-electron chi connectivity index (χ2n) is 4.21. The lowest BCUT2D eigenvalue weighted by atomic mass is 9.99. The van der Waals surface area contributed by atoms with Gasteiger partial charge in [-0.05, 0) is 29.5 Å². The number of ether oxygens (including phenoxy) is 1. The summed E-state index contributed by atoms with van der Waals surface area (Å²) < 4.78 is 5.26. The molecule has 0 atom stereocenters. The fraction of sp³-hybridized carbons (Fsp3) is 0.462. The molecule has 0 spiro atoms. The van der Waals surface area contributed by atoms with Gasteiger partial charge < -0.3 is 15.2 Å². The Labute approximate surface area is 102 Å². The number of hydrogen-bond acceptors (Lipinski definition) is 2. The summed E-state index contributed by atoms with van der Waals surface area (Å²) in [5.74, 6) is 1.26. The van der Waals surface area contributed by atoms with Gasteiger partial charge in [0.25, 0.3) is 0 Å². The zero-order valence-corrected chi connectivity index (χ0v) is 10.5. The number of carbonyl (C=O) groups is 1. The van der Waals surface area contributed by atoms with E-state index in [1.807, 2.05) is 12.1 Å². The molecule has 17 heavy (non-hydrogen) atoms. The van der Waals surface area contributed by atoms with Crippen LogP contribution in [-0.2, 0) is 6.42 Å². The van der Waals surface area contributed by atoms with Crippen molar-refractivity contribution in [1.29, 1.82) is 0 Å². The predicted molar refractivity (Wildman–Crippen MR) is 66.8 cm³/mol. The van der Waals surface area contributed by atoms with E-state index in [-0.39, 0.29) is 0 Å². The summed E-state index contributed by atoms with van der Waals surface area (Å²) >= 11 is 0. The number of amides is 1. The van der Waals surface area contributed by atoms with Gasteiger partial charge in [-0.3, -0.25) is 0 Å². The molecule has 4 nitrogen and oxygen atoms in total. The Bertz CT molecular complexity index is 388. The van der Waals surface area contributed by atoms with Crippen LogP contribution in [0.25, 0.3) is 0 Å². The van der Waals surface area contributed by atoms with E-state index in [4.69, 9.17) is 9.84 Å². The smallest absolute Gasteiger partial charge is 0.404 e. The van der Waals surface area contributed by atoms with E-state index in [9.17, 15) is 4.79 Å². The molecule has 0 radical (unpaired) electrons. The van der Waals surface area contributed by atoms with Gasteiger partial charge in [0.15, 0.2) is 0 Å². The van der Waals surface area contributed by atoms with Crippen molar-refractivity contribution in [3.8, 4) is 5.75 Å². The SMILES string of the molecule is COc1ccc(C(C)C)cc1CCNC(=O)O. The molecule has 0 bridgehead atoms. The van der Waals surface area contributed by atoms with Crippen LogP contribution in [0.15, 0.2) is 18.2 Å². The molecule has 0 aliphatic heterocycles. The van der Waals surface area contributed by atoms with Crippen molar-refractivity contribution in [1.82, 2.24) is 5.32 Å². The number of hydrogen-bond donors (Lipinski definition) is 2. The van der Waals surface area contributed by atoms with Crippen LogP contribution in [0.2, 0.25) is 0 Å². The van der Waals surface area contributed by atoms with E-state index in [2.05, 4.69) is 25.2 Å². The molecule has 0 unspecified atom stereocenters. The average molecular weight is 237 g/mol. The second-order valence-corrected chi connectivity index (χ2v) is 4.21. The van der Waals surface area contributed by atoms with Crippen LogP contribution in [0, 0.1) is 0 Å². The summed E-state index contributed by atoms with van der Waals surface area (Å²) in [7, 11) is 1.62. The van der Waals surface area contributed by atoms with Gasteiger partial charge in [0.05, 0.1) is 7.11 Å². The molecule has 0 aromatic heterocycles. The number of methoxy groups -OCH3 is 1. The zero-order chi connectivity index (χ0) is 12.8. The lowest BCUT2D eigenvalue weighted by Crippen LogP contribution is -2.23. The van der Waals surface area contributed by atoms with Crippen LogP contribution in [0.3, 0.4) is 0 Å². The Morgan fingerprint density at radius 3 is 2.71 bits per heavy atom. The maximum Gasteiger partial charge on any atom is 0.404 e. The first kappa shape index (κ1) is 13.4. The third-order valence-electron chi connectivity index (χ3n) is 2.64. The summed E-state index contributed by atoms with van der Waals surface area (Å²) in [4.78, 5) is 10.4. The van der Waals surface area contributed by atoms with Crippen LogP contribution in [0.5, 0.6) is 5.75 Å². The third kappa shape index (κ3) is 3.98. The Hall–Kier alpha value is -1.71. The van der Waals surface area contributed by atoms with Gasteiger partial charge in [0, 0.05) is 6.54 Å². The zero-order valence-electron chi connectivity index (χ0n) is 10.5. The highest BCUT2D eigenvalue weighted by atomic mass is 16.5. The minimum absolute atomic E-state index is 0.396. The molecule has 0 aliphatic carbocycles. The molecule has 1 amide bonds. The van der Waals surface area contributed by atoms with Crippen LogP contribution in [0.1, 0.15) is 30.9 Å². The summed E-state index contributed by atoms with van der Waals surface area (Å²) in [5.41, 5.74) is 2.27. The fourth-order valence-electron chi connectivity index (χ4n) is 1.66. The van der Waals surface area contributed by atoms with Gasteiger partial charge in [0.1, 0.15) is 5.75 Å². The molecule has 0 heterocycles. The molecular weight excluding hydrogens is 218 g/mol. The van der Waals surface area contributed by atoms with Crippen LogP contribution < -0.4 is 10.1 Å². The largest absolute Gasteiger partial charge is 0.496 e. The maximum atomic E-state index is 10.4. The molecular formula is C13H19NO3. The van der Waals surface area contributed by atoms with Crippen molar-refractivity contribution < 1.29 is 14.6 Å². The first-order chi connectivity index (χ1) is 8.04. The molecule has 4 heteroatoms. The normalized spacial score (nSPS) is 10.4. The fourth-order valence-corrected chi connectivity index (χ4v) is 1.66. The number of benzene rings is 1. The first-order valence-electron chi connectivity index (χ1n) is 5.68. The Balaban J connectivity index is 2.79. The highest BCUT2D eigenvalue weighted by Crippen LogP contribution is 2.24. The standard InChI is InChI=1S/C13H19NO3/c1-9(2)10-4-5-12(17-3)11(8-10)6-7-14-13(15)16/h4-5,8-9,14H,6-7H2,1-3H3,(H,15,16). The van der Waals surface area contributed by atoms with Crippen molar-refractivity contribution in [2.24, 2.45) is 0 Å². The molecule has 0 fully saturated rings. The van der Waals surface area contributed by atoms with Crippen molar-refractivity contribution >= 4 is 6.09 Å². The molecule has 1 rings (SSSR count). The number of nitrogens with one attached hydrogen (secondary N) is 1. The van der Waals surface area contributed by atoms with Gasteiger partial charge in [-0.15, -0.1) is 0 Å². The summed E-state index contributed by atoms with van der Waals surface area (Å²) in [6, 6.07) is 6.05. The first-order valence-corrected chi connectivity index (χ1v) is 5.68. The van der Waals surface area contributed by atoms with Gasteiger partial charge in [-0.2, -0.15) is 0 Å². The topological polar surface area (TPSA) is 58.6 Å². The quantitative estimate of drug-likeness (QED) is 0.827. The number of carboxylic acid groups (broad SMARTS) is 1. The van der Waals surface area contributed by atoms with Gasteiger partial charge in [-0.1, -0.05) is 26.0 Å². The number of rotatable bonds is 5. The van der Waals surface area contributed by atoms with E-state index in [0.29, 0.717) is 18.9 Å². The van der Waals surface area contributed by atoms with E-state index < -0.39 is 6.09 Å². The summed E-state index contributed by atoms with van der Waals surface area (Å²) in [6.07, 6.45) is -0.361. The maximum absolute atomic E-state index is 10.4. The molecule has 94 valence electrons. The van der Waals surface area contributed by atoms with E-state index in [1.165, 1.54) is 5.56 Å². The Kier molecular flexibility index (Phi) is 4.82. The molecule has 2 N–H and O–H groups in total. The van der Waals surface area contributed by atoms with Crippen molar-refractivity contribution in [3.05, 3.63) is 29.3 Å². The van der Waals surface area contributed by atoms with Gasteiger partial charge >= 0.3 is 6.09 Å². The summed E-state index contributed by atoms with van der Waals surface area (Å²) in [6.45, 7) is 4.65. The highest BCUT2D eigenvalue weighted by Gasteiger charge is 2.07. The van der Waals surface area contributed by atoms with Gasteiger partial charge in [-0.25, -0.2) is 4.79 Å². The minimum atomic E-state index is -0.996. The van der Waals surface area contributed by atoms with E-state index >= 15 is 0 Å². The Morgan fingerprint density at radius 1 is 1.47 bits per heavy atom.